The zero-order valence-corrected chi connectivity index (χ0v) is 14.4. The summed E-state index contributed by atoms with van der Waals surface area (Å²) in [7, 11) is 1.89. The molecule has 3 fully saturated rings. The van der Waals surface area contributed by atoms with E-state index in [1.165, 1.54) is 51.6 Å². The number of rotatable bonds is 4. The number of nitrogens with one attached hydrogen (secondary N) is 1. The molecule has 0 amide bonds. The van der Waals surface area contributed by atoms with Crippen molar-refractivity contribution in [3.8, 4) is 0 Å². The second-order valence-electron chi connectivity index (χ2n) is 8.19. The molecule has 3 aliphatic rings. The first kappa shape index (κ1) is 15.8. The molecule has 0 bridgehead atoms. The van der Waals surface area contributed by atoms with E-state index in [2.05, 4.69) is 31.0 Å². The van der Waals surface area contributed by atoms with Crippen LogP contribution in [0.1, 0.15) is 59.3 Å². The van der Waals surface area contributed by atoms with Crippen LogP contribution in [0.15, 0.2) is 0 Å². The molecular weight excluding hydrogens is 260 g/mol. The van der Waals surface area contributed by atoms with Crippen LogP contribution in [0.4, 0.5) is 0 Å². The van der Waals surface area contributed by atoms with Crippen LogP contribution in [0.5, 0.6) is 0 Å². The molecule has 2 aliphatic carbocycles. The van der Waals surface area contributed by atoms with Crippen LogP contribution in [0.25, 0.3) is 0 Å². The number of methoxy groups -OCH3 is 1. The van der Waals surface area contributed by atoms with Crippen LogP contribution in [-0.2, 0) is 4.74 Å². The molecule has 4 unspecified atom stereocenters. The lowest BCUT2D eigenvalue weighted by Crippen LogP contribution is -2.68. The Morgan fingerprint density at radius 1 is 1.19 bits per heavy atom. The van der Waals surface area contributed by atoms with Crippen LogP contribution in [-0.4, -0.2) is 48.8 Å². The first-order valence-electron chi connectivity index (χ1n) is 9.07. The molecule has 0 aromatic rings. The monoisotopic (exact) mass is 294 g/mol. The summed E-state index contributed by atoms with van der Waals surface area (Å²) in [6, 6.07) is 1.39. The SMILES string of the molecule is COC1CCCC(N2CC(C(C)C)NCC2(C)C2CC2)C1. The summed E-state index contributed by atoms with van der Waals surface area (Å²) in [6.45, 7) is 9.63. The molecule has 122 valence electrons. The van der Waals surface area contributed by atoms with Gasteiger partial charge in [-0.2, -0.15) is 0 Å². The van der Waals surface area contributed by atoms with E-state index in [4.69, 9.17) is 4.74 Å². The average molecular weight is 294 g/mol. The molecule has 21 heavy (non-hydrogen) atoms. The summed E-state index contributed by atoms with van der Waals surface area (Å²) in [6.07, 6.45) is 8.55. The predicted molar refractivity (Wildman–Crippen MR) is 87.5 cm³/mol. The Balaban J connectivity index is 1.76. The molecule has 3 rings (SSSR count). The molecule has 0 spiro atoms. The van der Waals surface area contributed by atoms with E-state index >= 15 is 0 Å². The Hall–Kier alpha value is -0.120. The quantitative estimate of drug-likeness (QED) is 0.862. The van der Waals surface area contributed by atoms with Crippen LogP contribution in [0.3, 0.4) is 0 Å². The molecule has 1 N–H and O–H groups in total. The second-order valence-corrected chi connectivity index (χ2v) is 8.19. The van der Waals surface area contributed by atoms with Gasteiger partial charge in [-0.1, -0.05) is 13.8 Å². The molecule has 3 nitrogen and oxygen atoms in total. The molecule has 0 aromatic heterocycles. The maximum absolute atomic E-state index is 5.69. The van der Waals surface area contributed by atoms with Crippen molar-refractivity contribution >= 4 is 0 Å². The van der Waals surface area contributed by atoms with E-state index < -0.39 is 0 Å². The fraction of sp³-hybridized carbons (Fsp3) is 1.00. The zero-order valence-electron chi connectivity index (χ0n) is 14.4. The Kier molecular flexibility index (Phi) is 4.63. The third-order valence-corrected chi connectivity index (χ3v) is 6.41. The van der Waals surface area contributed by atoms with Crippen LogP contribution >= 0.6 is 0 Å². The normalized spacial score (nSPS) is 42.4. The molecule has 1 aliphatic heterocycles. The van der Waals surface area contributed by atoms with Crippen LogP contribution in [0.2, 0.25) is 0 Å². The van der Waals surface area contributed by atoms with Gasteiger partial charge in [0.1, 0.15) is 0 Å². The number of piperazine rings is 1. The highest BCUT2D eigenvalue weighted by molar-refractivity contribution is 5.07. The lowest BCUT2D eigenvalue weighted by molar-refractivity contribution is -0.0474. The van der Waals surface area contributed by atoms with Gasteiger partial charge in [0.15, 0.2) is 0 Å². The Morgan fingerprint density at radius 3 is 2.57 bits per heavy atom. The predicted octanol–water partition coefficient (Wildman–Crippen LogP) is 3.04. The van der Waals surface area contributed by atoms with E-state index in [1.807, 2.05) is 7.11 Å². The van der Waals surface area contributed by atoms with Gasteiger partial charge >= 0.3 is 0 Å². The highest BCUT2D eigenvalue weighted by Gasteiger charge is 2.50. The lowest BCUT2D eigenvalue weighted by Gasteiger charge is -2.54. The van der Waals surface area contributed by atoms with E-state index in [9.17, 15) is 0 Å². The van der Waals surface area contributed by atoms with E-state index in [0.29, 0.717) is 17.7 Å². The minimum Gasteiger partial charge on any atom is -0.381 e. The summed E-state index contributed by atoms with van der Waals surface area (Å²) in [5.74, 6) is 1.64. The van der Waals surface area contributed by atoms with Gasteiger partial charge in [-0.3, -0.25) is 4.90 Å². The summed E-state index contributed by atoms with van der Waals surface area (Å²) in [4.78, 5) is 2.90. The smallest absolute Gasteiger partial charge is 0.0586 e. The maximum Gasteiger partial charge on any atom is 0.0586 e. The first-order valence-corrected chi connectivity index (χ1v) is 9.07. The van der Waals surface area contributed by atoms with Gasteiger partial charge in [0.25, 0.3) is 0 Å². The van der Waals surface area contributed by atoms with Gasteiger partial charge in [0.05, 0.1) is 6.10 Å². The topological polar surface area (TPSA) is 24.5 Å². The van der Waals surface area contributed by atoms with Gasteiger partial charge in [-0.15, -0.1) is 0 Å². The van der Waals surface area contributed by atoms with E-state index in [-0.39, 0.29) is 0 Å². The fourth-order valence-electron chi connectivity index (χ4n) is 4.64. The third kappa shape index (κ3) is 3.16. The number of hydrogen-bond acceptors (Lipinski definition) is 3. The second kappa shape index (κ2) is 6.17. The Morgan fingerprint density at radius 2 is 1.95 bits per heavy atom. The van der Waals surface area contributed by atoms with Crippen molar-refractivity contribution in [2.24, 2.45) is 11.8 Å². The fourth-order valence-corrected chi connectivity index (χ4v) is 4.64. The van der Waals surface area contributed by atoms with E-state index in [1.54, 1.807) is 0 Å². The van der Waals surface area contributed by atoms with E-state index in [0.717, 1.165) is 17.9 Å². The standard InChI is InChI=1S/C18H34N2O/c1-13(2)17-11-20(15-6-5-7-16(10-15)21-4)18(3,12-19-17)14-8-9-14/h13-17,19H,5-12H2,1-4H3. The molecule has 0 radical (unpaired) electrons. The van der Waals surface area contributed by atoms with Gasteiger partial charge in [0.2, 0.25) is 0 Å². The maximum atomic E-state index is 5.69. The van der Waals surface area contributed by atoms with Crippen molar-refractivity contribution in [1.82, 2.24) is 10.2 Å². The molecular formula is C18H34N2O. The van der Waals surface area contributed by atoms with Gasteiger partial charge in [-0.05, 0) is 57.3 Å². The van der Waals surface area contributed by atoms with Crippen LogP contribution < -0.4 is 5.32 Å². The van der Waals surface area contributed by atoms with Crippen molar-refractivity contribution in [1.29, 1.82) is 0 Å². The summed E-state index contributed by atoms with van der Waals surface area (Å²) < 4.78 is 5.69. The van der Waals surface area contributed by atoms with Crippen molar-refractivity contribution in [3.05, 3.63) is 0 Å². The van der Waals surface area contributed by atoms with Gasteiger partial charge in [-0.25, -0.2) is 0 Å². The van der Waals surface area contributed by atoms with Crippen molar-refractivity contribution in [2.75, 3.05) is 20.2 Å². The van der Waals surface area contributed by atoms with Crippen LogP contribution in [0, 0.1) is 11.8 Å². The summed E-state index contributed by atoms with van der Waals surface area (Å²) in [5.41, 5.74) is 0.381. The average Bonchev–Trinajstić information content (AvgIpc) is 3.32. The summed E-state index contributed by atoms with van der Waals surface area (Å²) >= 11 is 0. The van der Waals surface area contributed by atoms with Crippen molar-refractivity contribution in [3.63, 3.8) is 0 Å². The molecule has 1 heterocycles. The minimum absolute atomic E-state index is 0.381. The highest BCUT2D eigenvalue weighted by atomic mass is 16.5. The summed E-state index contributed by atoms with van der Waals surface area (Å²) in [5, 5.41) is 3.85. The number of nitrogens with zero attached hydrogens (tertiary/aromatic N) is 1. The molecule has 3 heteroatoms. The highest BCUT2D eigenvalue weighted by Crippen LogP contribution is 2.46. The molecule has 2 saturated carbocycles. The Labute approximate surface area is 130 Å². The van der Waals surface area contributed by atoms with Gasteiger partial charge in [0, 0.05) is 37.8 Å². The lowest BCUT2D eigenvalue weighted by atomic mass is 9.82. The molecule has 4 atom stereocenters. The van der Waals surface area contributed by atoms with Gasteiger partial charge < -0.3 is 10.1 Å². The van der Waals surface area contributed by atoms with Crippen molar-refractivity contribution in [2.45, 2.75) is 83.0 Å². The van der Waals surface area contributed by atoms with Crippen molar-refractivity contribution < 1.29 is 4.74 Å². The Bertz CT molecular complexity index is 355. The number of ether oxygens (including phenoxy) is 1. The largest absolute Gasteiger partial charge is 0.381 e. The first-order chi connectivity index (χ1) is 10.0. The zero-order chi connectivity index (χ0) is 15.0. The molecule has 1 saturated heterocycles. The third-order valence-electron chi connectivity index (χ3n) is 6.41. The minimum atomic E-state index is 0.381. The molecule has 0 aromatic carbocycles. The number of hydrogen-bond donors (Lipinski definition) is 1.